The molecule has 9 nitrogen and oxygen atoms in total. The van der Waals surface area contributed by atoms with Gasteiger partial charge in [-0.05, 0) is 30.4 Å². The number of amides is 1. The summed E-state index contributed by atoms with van der Waals surface area (Å²) < 4.78 is 13.5. The quantitative estimate of drug-likeness (QED) is 0.586. The molecule has 31 heavy (non-hydrogen) atoms. The van der Waals surface area contributed by atoms with Gasteiger partial charge in [-0.2, -0.15) is 0 Å². The SMILES string of the molecule is CC(=O)c1cc2c(cc1NC(=O)Cn1c(=O)n(CC(C)C)c(=O)c3sccc31)OCO2. The molecule has 3 aromatic rings. The third kappa shape index (κ3) is 3.86. The summed E-state index contributed by atoms with van der Waals surface area (Å²) in [6.45, 7) is 5.18. The normalized spacial score (nSPS) is 12.5. The molecule has 0 atom stereocenters. The lowest BCUT2D eigenvalue weighted by Gasteiger charge is -2.14. The Morgan fingerprint density at radius 1 is 1.16 bits per heavy atom. The van der Waals surface area contributed by atoms with E-state index >= 15 is 0 Å². The van der Waals surface area contributed by atoms with Crippen molar-refractivity contribution in [2.75, 3.05) is 12.1 Å². The molecule has 0 bridgehead atoms. The summed E-state index contributed by atoms with van der Waals surface area (Å²) in [4.78, 5) is 50.6. The Morgan fingerprint density at radius 2 is 1.87 bits per heavy atom. The Morgan fingerprint density at radius 3 is 2.55 bits per heavy atom. The molecule has 1 aromatic carbocycles. The molecule has 0 radical (unpaired) electrons. The lowest BCUT2D eigenvalue weighted by atomic mass is 10.1. The molecule has 162 valence electrons. The highest BCUT2D eigenvalue weighted by molar-refractivity contribution is 7.17. The largest absolute Gasteiger partial charge is 0.454 e. The molecule has 1 aliphatic heterocycles. The topological polar surface area (TPSA) is 109 Å². The highest BCUT2D eigenvalue weighted by Crippen LogP contribution is 2.37. The molecule has 0 spiro atoms. The maximum atomic E-state index is 13.0. The molecule has 10 heteroatoms. The van der Waals surface area contributed by atoms with Crippen LogP contribution in [0.2, 0.25) is 0 Å². The van der Waals surface area contributed by atoms with Crippen molar-refractivity contribution in [1.82, 2.24) is 9.13 Å². The second-order valence-corrected chi connectivity index (χ2v) is 8.58. The molecule has 0 saturated heterocycles. The fourth-order valence-corrected chi connectivity index (χ4v) is 4.33. The third-order valence-corrected chi connectivity index (χ3v) is 5.74. The lowest BCUT2D eigenvalue weighted by molar-refractivity contribution is -0.116. The number of Topliss-reactive ketones (excluding diaryl/α,β-unsaturated/α-hetero) is 1. The smallest absolute Gasteiger partial charge is 0.332 e. The van der Waals surface area contributed by atoms with Crippen LogP contribution >= 0.6 is 11.3 Å². The first-order chi connectivity index (χ1) is 14.8. The molecule has 4 rings (SSSR count). The van der Waals surface area contributed by atoms with E-state index in [1.54, 1.807) is 11.4 Å². The molecule has 2 aromatic heterocycles. The van der Waals surface area contributed by atoms with Crippen LogP contribution in [0.3, 0.4) is 0 Å². The van der Waals surface area contributed by atoms with Crippen LogP contribution in [-0.2, 0) is 17.9 Å². The van der Waals surface area contributed by atoms with Crippen molar-refractivity contribution < 1.29 is 19.1 Å². The highest BCUT2D eigenvalue weighted by Gasteiger charge is 2.22. The van der Waals surface area contributed by atoms with Crippen LogP contribution in [0, 0.1) is 5.92 Å². The first-order valence-electron chi connectivity index (χ1n) is 9.71. The average Bonchev–Trinajstić information content (AvgIpc) is 3.36. The summed E-state index contributed by atoms with van der Waals surface area (Å²) in [7, 11) is 0. The molecule has 3 heterocycles. The minimum atomic E-state index is -0.544. The third-order valence-electron chi connectivity index (χ3n) is 4.85. The number of thiophene rings is 1. The van der Waals surface area contributed by atoms with Gasteiger partial charge in [0.05, 0.1) is 11.2 Å². The standard InChI is InChI=1S/C21H21N3O6S/c1-11(2)8-24-20(27)19-15(4-5-31-19)23(21(24)28)9-18(26)22-14-7-17-16(29-10-30-17)6-13(14)12(3)25/h4-7,11H,8-10H2,1-3H3,(H,22,26). The van der Waals surface area contributed by atoms with Crippen molar-refractivity contribution in [2.45, 2.75) is 33.9 Å². The van der Waals surface area contributed by atoms with E-state index in [2.05, 4.69) is 5.32 Å². The summed E-state index contributed by atoms with van der Waals surface area (Å²) in [5.41, 5.74) is 0.0575. The predicted octanol–water partition coefficient (Wildman–Crippen LogP) is 2.45. The van der Waals surface area contributed by atoms with Crippen LogP contribution in [0.15, 0.2) is 33.2 Å². The van der Waals surface area contributed by atoms with Crippen LogP contribution < -0.4 is 26.0 Å². The van der Waals surface area contributed by atoms with Gasteiger partial charge >= 0.3 is 5.69 Å². The summed E-state index contributed by atoms with van der Waals surface area (Å²) in [5.74, 6) is 0.169. The number of hydrogen-bond donors (Lipinski definition) is 1. The zero-order chi connectivity index (χ0) is 22.3. The lowest BCUT2D eigenvalue weighted by Crippen LogP contribution is -2.42. The minimum Gasteiger partial charge on any atom is -0.454 e. The number of carbonyl (C=O) groups is 2. The van der Waals surface area contributed by atoms with Crippen LogP contribution in [-0.4, -0.2) is 27.6 Å². The number of anilines is 1. The van der Waals surface area contributed by atoms with E-state index in [9.17, 15) is 19.2 Å². The Kier molecular flexibility index (Phi) is 5.40. The number of hydrogen-bond acceptors (Lipinski definition) is 7. The number of ether oxygens (including phenoxy) is 2. The molecular weight excluding hydrogens is 422 g/mol. The number of ketones is 1. The van der Waals surface area contributed by atoms with Gasteiger partial charge in [0.1, 0.15) is 11.2 Å². The van der Waals surface area contributed by atoms with Crippen LogP contribution in [0.1, 0.15) is 31.1 Å². The van der Waals surface area contributed by atoms with Crippen molar-refractivity contribution in [3.63, 3.8) is 0 Å². The summed E-state index contributed by atoms with van der Waals surface area (Å²) >= 11 is 1.23. The molecule has 1 amide bonds. The second-order valence-electron chi connectivity index (χ2n) is 7.67. The van der Waals surface area contributed by atoms with Crippen molar-refractivity contribution >= 4 is 38.9 Å². The van der Waals surface area contributed by atoms with Gasteiger partial charge < -0.3 is 14.8 Å². The Balaban J connectivity index is 1.70. The second kappa shape index (κ2) is 8.03. The number of nitrogens with zero attached hydrogens (tertiary/aromatic N) is 2. The van der Waals surface area contributed by atoms with Gasteiger partial charge in [0, 0.05) is 18.2 Å². The Labute approximate surface area is 180 Å². The predicted molar refractivity (Wildman–Crippen MR) is 116 cm³/mol. The number of rotatable bonds is 6. The van der Waals surface area contributed by atoms with Crippen LogP contribution in [0.25, 0.3) is 10.2 Å². The molecular formula is C21H21N3O6S. The molecule has 0 aliphatic carbocycles. The van der Waals surface area contributed by atoms with E-state index in [4.69, 9.17) is 9.47 Å². The average molecular weight is 443 g/mol. The first-order valence-corrected chi connectivity index (χ1v) is 10.6. The maximum Gasteiger partial charge on any atom is 0.332 e. The minimum absolute atomic E-state index is 0.0347. The zero-order valence-electron chi connectivity index (χ0n) is 17.3. The number of fused-ring (bicyclic) bond motifs is 2. The van der Waals surface area contributed by atoms with E-state index in [0.717, 1.165) is 0 Å². The van der Waals surface area contributed by atoms with Crippen molar-refractivity contribution in [1.29, 1.82) is 0 Å². The fraction of sp³-hybridized carbons (Fsp3) is 0.333. The van der Waals surface area contributed by atoms with Gasteiger partial charge in [-0.3, -0.25) is 23.5 Å². The molecule has 0 saturated carbocycles. The van der Waals surface area contributed by atoms with Gasteiger partial charge in [-0.1, -0.05) is 13.8 Å². The molecule has 0 fully saturated rings. The van der Waals surface area contributed by atoms with Gasteiger partial charge in [-0.25, -0.2) is 4.79 Å². The monoisotopic (exact) mass is 443 g/mol. The fourth-order valence-electron chi connectivity index (χ4n) is 3.48. The van der Waals surface area contributed by atoms with Crippen molar-refractivity contribution in [3.8, 4) is 11.5 Å². The molecule has 1 aliphatic rings. The maximum absolute atomic E-state index is 13.0. The Bertz CT molecular complexity index is 1320. The summed E-state index contributed by atoms with van der Waals surface area (Å²) in [6, 6.07) is 4.70. The van der Waals surface area contributed by atoms with E-state index < -0.39 is 11.6 Å². The first kappa shape index (κ1) is 20.9. The zero-order valence-corrected chi connectivity index (χ0v) is 18.1. The Hall–Kier alpha value is -3.40. The molecule has 0 unspecified atom stereocenters. The van der Waals surface area contributed by atoms with Gasteiger partial charge in [-0.15, -0.1) is 11.3 Å². The van der Waals surface area contributed by atoms with Crippen molar-refractivity contribution in [3.05, 3.63) is 50.0 Å². The van der Waals surface area contributed by atoms with E-state index in [1.165, 1.54) is 39.5 Å². The van der Waals surface area contributed by atoms with Crippen molar-refractivity contribution in [2.24, 2.45) is 5.92 Å². The van der Waals surface area contributed by atoms with Gasteiger partial charge in [0.15, 0.2) is 17.3 Å². The summed E-state index contributed by atoms with van der Waals surface area (Å²) in [5, 5.41) is 4.40. The van der Waals surface area contributed by atoms with E-state index in [1.807, 2.05) is 13.8 Å². The van der Waals surface area contributed by atoms with E-state index in [0.29, 0.717) is 21.7 Å². The number of aromatic nitrogens is 2. The van der Waals surface area contributed by atoms with Crippen LogP contribution in [0.5, 0.6) is 11.5 Å². The number of benzene rings is 1. The number of nitrogens with one attached hydrogen (secondary N) is 1. The van der Waals surface area contributed by atoms with Gasteiger partial charge in [0.2, 0.25) is 12.7 Å². The van der Waals surface area contributed by atoms with E-state index in [-0.39, 0.29) is 48.4 Å². The van der Waals surface area contributed by atoms with Gasteiger partial charge in [0.25, 0.3) is 5.56 Å². The number of carbonyl (C=O) groups excluding carboxylic acids is 2. The highest BCUT2D eigenvalue weighted by atomic mass is 32.1. The molecule has 1 N–H and O–H groups in total. The van der Waals surface area contributed by atoms with Crippen LogP contribution in [0.4, 0.5) is 5.69 Å². The summed E-state index contributed by atoms with van der Waals surface area (Å²) in [6.07, 6.45) is 0.